The molecule has 2 saturated carbocycles. The van der Waals surface area contributed by atoms with E-state index in [1.807, 2.05) is 6.07 Å². The summed E-state index contributed by atoms with van der Waals surface area (Å²) in [5.41, 5.74) is 1.81. The van der Waals surface area contributed by atoms with E-state index in [-0.39, 0.29) is 5.82 Å². The summed E-state index contributed by atoms with van der Waals surface area (Å²) in [4.78, 5) is 0. The number of hydrogen-bond donors (Lipinski definition) is 0. The zero-order valence-electron chi connectivity index (χ0n) is 16.0. The van der Waals surface area contributed by atoms with E-state index in [0.29, 0.717) is 24.7 Å². The van der Waals surface area contributed by atoms with Crippen LogP contribution in [0.4, 0.5) is 4.39 Å². The van der Waals surface area contributed by atoms with E-state index < -0.39 is 0 Å². The summed E-state index contributed by atoms with van der Waals surface area (Å²) in [6.07, 6.45) is 14.3. The minimum atomic E-state index is -0.128. The van der Waals surface area contributed by atoms with Gasteiger partial charge in [-0.3, -0.25) is 0 Å². The molecule has 1 aromatic carbocycles. The number of hydrogen-bond acceptors (Lipinski definition) is 1. The van der Waals surface area contributed by atoms with Crippen LogP contribution in [-0.4, -0.2) is 6.61 Å². The highest BCUT2D eigenvalue weighted by molar-refractivity contribution is 5.27. The van der Waals surface area contributed by atoms with Crippen molar-refractivity contribution in [2.45, 2.75) is 63.9 Å². The van der Waals surface area contributed by atoms with Crippen LogP contribution in [0.2, 0.25) is 0 Å². The van der Waals surface area contributed by atoms with Crippen LogP contribution in [0.15, 0.2) is 43.5 Å². The first-order valence-electron chi connectivity index (χ1n) is 10.3. The Balaban J connectivity index is 1.51. The first-order valence-corrected chi connectivity index (χ1v) is 10.3. The summed E-state index contributed by atoms with van der Waals surface area (Å²) >= 11 is 0. The lowest BCUT2D eigenvalue weighted by molar-refractivity contribution is 0.146. The van der Waals surface area contributed by atoms with Crippen LogP contribution >= 0.6 is 0 Å². The van der Waals surface area contributed by atoms with Gasteiger partial charge in [-0.05, 0) is 86.7 Å². The average Bonchev–Trinajstić information content (AvgIpc) is 2.69. The quantitative estimate of drug-likeness (QED) is 0.386. The fraction of sp³-hybridized carbons (Fsp3) is 0.583. The molecule has 1 nitrogen and oxygen atoms in total. The Labute approximate surface area is 158 Å². The van der Waals surface area contributed by atoms with Crippen LogP contribution in [-0.2, 0) is 11.3 Å². The lowest BCUT2D eigenvalue weighted by Crippen LogP contribution is -2.25. The van der Waals surface area contributed by atoms with Gasteiger partial charge in [0.15, 0.2) is 0 Å². The van der Waals surface area contributed by atoms with Crippen molar-refractivity contribution >= 4 is 0 Å². The second-order valence-corrected chi connectivity index (χ2v) is 8.18. The first kappa shape index (κ1) is 19.4. The van der Waals surface area contributed by atoms with Crippen molar-refractivity contribution < 1.29 is 9.13 Å². The van der Waals surface area contributed by atoms with E-state index in [2.05, 4.69) is 25.3 Å². The first-order chi connectivity index (χ1) is 12.7. The second kappa shape index (κ2) is 9.50. The monoisotopic (exact) mass is 356 g/mol. The summed E-state index contributed by atoms with van der Waals surface area (Å²) in [6, 6.07) is 5.75. The van der Waals surface area contributed by atoms with E-state index >= 15 is 0 Å². The molecule has 142 valence electrons. The molecule has 0 aliphatic heterocycles. The number of benzene rings is 1. The van der Waals surface area contributed by atoms with E-state index in [0.717, 1.165) is 17.8 Å². The van der Waals surface area contributed by atoms with Gasteiger partial charge < -0.3 is 4.74 Å². The summed E-state index contributed by atoms with van der Waals surface area (Å²) in [5, 5.41) is 0. The standard InChI is InChI=1S/C24H33FO/c1-3-15-26-17-23-14-13-22(16-24(23)25)21-11-9-20(10-12-21)19-7-5-18(4-2)6-8-19/h3-4,13-14,16,18-21H,1-2,5-12,15,17H2/t18-,19-,20-,21-. The maximum absolute atomic E-state index is 14.4. The third-order valence-corrected chi connectivity index (χ3v) is 6.63. The molecule has 2 heteroatoms. The number of rotatable bonds is 7. The molecule has 0 heterocycles. The lowest BCUT2D eigenvalue weighted by Gasteiger charge is -2.37. The molecule has 0 radical (unpaired) electrons. The molecule has 2 aliphatic carbocycles. The van der Waals surface area contributed by atoms with E-state index in [9.17, 15) is 4.39 Å². The lowest BCUT2D eigenvalue weighted by atomic mass is 9.68. The Hall–Kier alpha value is -1.41. The predicted octanol–water partition coefficient (Wildman–Crippen LogP) is 6.79. The van der Waals surface area contributed by atoms with Crippen LogP contribution in [0, 0.1) is 23.6 Å². The second-order valence-electron chi connectivity index (χ2n) is 8.18. The molecule has 26 heavy (non-hydrogen) atoms. The molecule has 0 saturated heterocycles. The van der Waals surface area contributed by atoms with Gasteiger partial charge in [0.05, 0.1) is 13.2 Å². The van der Waals surface area contributed by atoms with E-state index in [4.69, 9.17) is 4.74 Å². The largest absolute Gasteiger partial charge is 0.373 e. The SMILES string of the molecule is C=CCOCc1ccc([C@H]2CC[C@H]([C@H]3CC[C@H](C=C)CC3)CC2)cc1F. The minimum Gasteiger partial charge on any atom is -0.373 e. The summed E-state index contributed by atoms with van der Waals surface area (Å²) in [7, 11) is 0. The van der Waals surface area contributed by atoms with Crippen molar-refractivity contribution in [3.05, 3.63) is 60.5 Å². The van der Waals surface area contributed by atoms with Crippen molar-refractivity contribution in [1.29, 1.82) is 0 Å². The molecule has 0 aromatic heterocycles. The topological polar surface area (TPSA) is 9.23 Å². The van der Waals surface area contributed by atoms with Crippen molar-refractivity contribution in [3.63, 3.8) is 0 Å². The van der Waals surface area contributed by atoms with Crippen molar-refractivity contribution in [3.8, 4) is 0 Å². The maximum Gasteiger partial charge on any atom is 0.129 e. The Kier molecular flexibility index (Phi) is 7.07. The van der Waals surface area contributed by atoms with Crippen molar-refractivity contribution in [2.24, 2.45) is 17.8 Å². The number of halogens is 1. The van der Waals surface area contributed by atoms with E-state index in [1.165, 1.54) is 56.9 Å². The zero-order chi connectivity index (χ0) is 18.4. The van der Waals surface area contributed by atoms with Gasteiger partial charge in [0, 0.05) is 5.56 Å². The molecule has 0 bridgehead atoms. The van der Waals surface area contributed by atoms with Crippen molar-refractivity contribution in [1.82, 2.24) is 0 Å². The minimum absolute atomic E-state index is 0.128. The summed E-state index contributed by atoms with van der Waals surface area (Å²) in [5.74, 6) is 2.94. The van der Waals surface area contributed by atoms with Crippen LogP contribution in [0.1, 0.15) is 68.4 Å². The van der Waals surface area contributed by atoms with Gasteiger partial charge in [0.25, 0.3) is 0 Å². The Morgan fingerprint density at radius 3 is 2.19 bits per heavy atom. The van der Waals surface area contributed by atoms with Gasteiger partial charge in [0.2, 0.25) is 0 Å². The number of allylic oxidation sites excluding steroid dienone is 1. The van der Waals surface area contributed by atoms with Gasteiger partial charge in [-0.15, -0.1) is 13.2 Å². The van der Waals surface area contributed by atoms with Gasteiger partial charge >= 0.3 is 0 Å². The molecule has 0 spiro atoms. The third-order valence-electron chi connectivity index (χ3n) is 6.63. The van der Waals surface area contributed by atoms with Crippen LogP contribution in [0.25, 0.3) is 0 Å². The molecule has 0 unspecified atom stereocenters. The maximum atomic E-state index is 14.4. The third kappa shape index (κ3) is 4.85. The molecular weight excluding hydrogens is 323 g/mol. The van der Waals surface area contributed by atoms with Crippen molar-refractivity contribution in [2.75, 3.05) is 6.61 Å². The van der Waals surface area contributed by atoms with Crippen LogP contribution < -0.4 is 0 Å². The Morgan fingerprint density at radius 1 is 0.962 bits per heavy atom. The van der Waals surface area contributed by atoms with Crippen LogP contribution in [0.5, 0.6) is 0 Å². The predicted molar refractivity (Wildman–Crippen MR) is 107 cm³/mol. The van der Waals surface area contributed by atoms with Crippen LogP contribution in [0.3, 0.4) is 0 Å². The molecule has 3 rings (SSSR count). The fourth-order valence-corrected chi connectivity index (χ4v) is 4.96. The highest BCUT2D eigenvalue weighted by Gasteiger charge is 2.30. The normalized spacial score (nSPS) is 29.3. The number of ether oxygens (including phenoxy) is 1. The summed E-state index contributed by atoms with van der Waals surface area (Å²) in [6.45, 7) is 8.35. The van der Waals surface area contributed by atoms with Gasteiger partial charge in [0.1, 0.15) is 5.82 Å². The molecule has 0 atom stereocenters. The molecule has 1 aromatic rings. The van der Waals surface area contributed by atoms with Gasteiger partial charge in [-0.1, -0.05) is 24.3 Å². The smallest absolute Gasteiger partial charge is 0.129 e. The Morgan fingerprint density at radius 2 is 1.62 bits per heavy atom. The summed E-state index contributed by atoms with van der Waals surface area (Å²) < 4.78 is 19.7. The van der Waals surface area contributed by atoms with Gasteiger partial charge in [-0.2, -0.15) is 0 Å². The van der Waals surface area contributed by atoms with Gasteiger partial charge in [-0.25, -0.2) is 4.39 Å². The highest BCUT2D eigenvalue weighted by atomic mass is 19.1. The average molecular weight is 357 g/mol. The fourth-order valence-electron chi connectivity index (χ4n) is 4.96. The van der Waals surface area contributed by atoms with E-state index in [1.54, 1.807) is 12.1 Å². The molecule has 2 aliphatic rings. The molecular formula is C24H33FO. The molecule has 0 N–H and O–H groups in total. The molecule has 0 amide bonds. The Bertz CT molecular complexity index is 592. The zero-order valence-corrected chi connectivity index (χ0v) is 16.0. The highest BCUT2D eigenvalue weighted by Crippen LogP contribution is 2.44. The molecule has 2 fully saturated rings.